The number of carboxylic acid groups (broad SMARTS) is 1. The molecule has 2 rings (SSSR count). The van der Waals surface area contributed by atoms with Gasteiger partial charge in [-0.2, -0.15) is 0 Å². The molecule has 0 spiro atoms. The number of ether oxygens (including phenoxy) is 3. The van der Waals surface area contributed by atoms with E-state index in [1.54, 1.807) is 20.2 Å². The first-order valence-electron chi connectivity index (χ1n) is 6.87. The van der Waals surface area contributed by atoms with E-state index >= 15 is 0 Å². The molecule has 0 unspecified atom stereocenters. The Morgan fingerprint density at radius 2 is 2.09 bits per heavy atom. The molecule has 0 aliphatic heterocycles. The normalized spacial score (nSPS) is 12.0. The zero-order chi connectivity index (χ0) is 16.8. The molecule has 0 saturated heterocycles. The number of carboxylic acids is 1. The topological polar surface area (TPSA) is 109 Å². The van der Waals surface area contributed by atoms with Gasteiger partial charge in [0.25, 0.3) is 0 Å². The lowest BCUT2D eigenvalue weighted by atomic mass is 10.2. The van der Waals surface area contributed by atoms with Crippen molar-refractivity contribution < 1.29 is 24.1 Å². The van der Waals surface area contributed by atoms with Crippen LogP contribution in [0.15, 0.2) is 18.2 Å². The van der Waals surface area contributed by atoms with E-state index in [1.807, 2.05) is 6.92 Å². The molecule has 1 N–H and O–H groups in total. The molecule has 1 aromatic heterocycles. The maximum absolute atomic E-state index is 11.2. The van der Waals surface area contributed by atoms with Crippen LogP contribution in [0, 0.1) is 0 Å². The van der Waals surface area contributed by atoms with Gasteiger partial charge in [-0.1, -0.05) is 0 Å². The Hall–Kier alpha value is -2.68. The number of methoxy groups -OCH3 is 1. The molecule has 1 aromatic carbocycles. The first kappa shape index (κ1) is 16.7. The average Bonchev–Trinajstić information content (AvgIpc) is 2.90. The molecule has 0 bridgehead atoms. The molecule has 9 nitrogen and oxygen atoms in total. The van der Waals surface area contributed by atoms with E-state index in [0.29, 0.717) is 23.9 Å². The van der Waals surface area contributed by atoms with Gasteiger partial charge in [0.15, 0.2) is 5.82 Å². The Labute approximate surface area is 132 Å². The van der Waals surface area contributed by atoms with Crippen LogP contribution in [-0.2, 0) is 18.4 Å². The van der Waals surface area contributed by atoms with Crippen molar-refractivity contribution in [3.05, 3.63) is 29.6 Å². The number of hydrogen-bond donors (Lipinski definition) is 1. The molecule has 0 saturated carbocycles. The van der Waals surface area contributed by atoms with Crippen LogP contribution in [-0.4, -0.2) is 51.1 Å². The summed E-state index contributed by atoms with van der Waals surface area (Å²) in [6, 6.07) is 4.47. The SMILES string of the molecule is COC[C@H](C)Oc1cc(OCc2nnnn2C)cc(C(=O)O)c1. The van der Waals surface area contributed by atoms with Crippen LogP contribution in [0.5, 0.6) is 11.5 Å². The number of aromatic carboxylic acids is 1. The van der Waals surface area contributed by atoms with Gasteiger partial charge in [0, 0.05) is 20.2 Å². The molecule has 0 fully saturated rings. The van der Waals surface area contributed by atoms with Gasteiger partial charge in [0.1, 0.15) is 24.2 Å². The summed E-state index contributed by atoms with van der Waals surface area (Å²) in [6.07, 6.45) is -0.222. The summed E-state index contributed by atoms with van der Waals surface area (Å²) in [5, 5.41) is 20.2. The zero-order valence-electron chi connectivity index (χ0n) is 13.1. The fourth-order valence-electron chi connectivity index (χ4n) is 1.87. The van der Waals surface area contributed by atoms with E-state index in [1.165, 1.54) is 16.8 Å². The number of tetrazole rings is 1. The first-order valence-corrected chi connectivity index (χ1v) is 6.87. The molecule has 124 valence electrons. The number of hydrogen-bond acceptors (Lipinski definition) is 7. The van der Waals surface area contributed by atoms with Crippen LogP contribution in [0.3, 0.4) is 0 Å². The zero-order valence-corrected chi connectivity index (χ0v) is 13.1. The lowest BCUT2D eigenvalue weighted by molar-refractivity contribution is 0.0693. The van der Waals surface area contributed by atoms with Crippen molar-refractivity contribution in [2.24, 2.45) is 7.05 Å². The number of nitrogens with zero attached hydrogens (tertiary/aromatic N) is 4. The summed E-state index contributed by atoms with van der Waals surface area (Å²) in [4.78, 5) is 11.2. The largest absolute Gasteiger partial charge is 0.488 e. The van der Waals surface area contributed by atoms with Crippen molar-refractivity contribution in [3.63, 3.8) is 0 Å². The molecule has 2 aromatic rings. The maximum Gasteiger partial charge on any atom is 0.335 e. The van der Waals surface area contributed by atoms with Crippen molar-refractivity contribution in [1.82, 2.24) is 20.2 Å². The van der Waals surface area contributed by atoms with Crippen LogP contribution in [0.4, 0.5) is 0 Å². The summed E-state index contributed by atoms with van der Waals surface area (Å²) in [6.45, 7) is 2.32. The minimum Gasteiger partial charge on any atom is -0.488 e. The van der Waals surface area contributed by atoms with Crippen LogP contribution in [0.25, 0.3) is 0 Å². The van der Waals surface area contributed by atoms with Crippen LogP contribution < -0.4 is 9.47 Å². The number of carbonyl (C=O) groups is 1. The fraction of sp³-hybridized carbons (Fsp3) is 0.429. The molecular weight excluding hydrogens is 304 g/mol. The van der Waals surface area contributed by atoms with E-state index < -0.39 is 5.97 Å². The van der Waals surface area contributed by atoms with Gasteiger partial charge in [0.2, 0.25) is 0 Å². The lowest BCUT2D eigenvalue weighted by Gasteiger charge is -2.15. The Bertz CT molecular complexity index is 673. The molecule has 23 heavy (non-hydrogen) atoms. The highest BCUT2D eigenvalue weighted by Crippen LogP contribution is 2.24. The van der Waals surface area contributed by atoms with Gasteiger partial charge in [-0.25, -0.2) is 9.48 Å². The van der Waals surface area contributed by atoms with Crippen LogP contribution in [0.1, 0.15) is 23.1 Å². The van der Waals surface area contributed by atoms with Crippen molar-refractivity contribution in [2.75, 3.05) is 13.7 Å². The highest BCUT2D eigenvalue weighted by atomic mass is 16.5. The first-order chi connectivity index (χ1) is 11.0. The summed E-state index contributed by atoms with van der Waals surface area (Å²) in [5.41, 5.74) is 0.0678. The quantitative estimate of drug-likeness (QED) is 0.763. The monoisotopic (exact) mass is 322 g/mol. The second-order valence-electron chi connectivity index (χ2n) is 4.89. The van der Waals surface area contributed by atoms with Crippen molar-refractivity contribution in [1.29, 1.82) is 0 Å². The molecule has 0 amide bonds. The van der Waals surface area contributed by atoms with Gasteiger partial charge in [-0.3, -0.25) is 0 Å². The number of benzene rings is 1. The maximum atomic E-state index is 11.2. The molecule has 0 aliphatic carbocycles. The number of aromatic nitrogens is 4. The second kappa shape index (κ2) is 7.54. The fourth-order valence-corrected chi connectivity index (χ4v) is 1.87. The van der Waals surface area contributed by atoms with Crippen LogP contribution >= 0.6 is 0 Å². The highest BCUT2D eigenvalue weighted by Gasteiger charge is 2.12. The molecule has 0 radical (unpaired) electrons. The molecule has 0 aliphatic rings. The molecule has 1 heterocycles. The Kier molecular flexibility index (Phi) is 5.47. The van der Waals surface area contributed by atoms with Gasteiger partial charge in [-0.05, 0) is 29.5 Å². The van der Waals surface area contributed by atoms with Gasteiger partial charge >= 0.3 is 5.97 Å². The van der Waals surface area contributed by atoms with E-state index in [2.05, 4.69) is 15.5 Å². The summed E-state index contributed by atoms with van der Waals surface area (Å²) < 4.78 is 17.7. The van der Waals surface area contributed by atoms with E-state index in [0.717, 1.165) is 0 Å². The molecular formula is C14H18N4O5. The Morgan fingerprint density at radius 1 is 1.35 bits per heavy atom. The number of rotatable bonds is 8. The van der Waals surface area contributed by atoms with Crippen molar-refractivity contribution in [3.8, 4) is 11.5 Å². The highest BCUT2D eigenvalue weighted by molar-refractivity contribution is 5.88. The van der Waals surface area contributed by atoms with Gasteiger partial charge in [0.05, 0.1) is 12.2 Å². The van der Waals surface area contributed by atoms with Crippen molar-refractivity contribution in [2.45, 2.75) is 19.6 Å². The van der Waals surface area contributed by atoms with E-state index in [-0.39, 0.29) is 18.3 Å². The minimum absolute atomic E-state index is 0.0678. The predicted molar refractivity (Wildman–Crippen MR) is 78.5 cm³/mol. The second-order valence-corrected chi connectivity index (χ2v) is 4.89. The molecule has 1 atom stereocenters. The van der Waals surface area contributed by atoms with E-state index in [9.17, 15) is 9.90 Å². The van der Waals surface area contributed by atoms with Crippen molar-refractivity contribution >= 4 is 5.97 Å². The summed E-state index contributed by atoms with van der Waals surface area (Å²) in [7, 11) is 3.25. The average molecular weight is 322 g/mol. The van der Waals surface area contributed by atoms with Crippen LogP contribution in [0.2, 0.25) is 0 Å². The summed E-state index contributed by atoms with van der Waals surface area (Å²) >= 11 is 0. The smallest absolute Gasteiger partial charge is 0.335 e. The third-order valence-electron chi connectivity index (χ3n) is 2.94. The standard InChI is InChI=1S/C14H18N4O5/c1-9(7-21-3)23-12-5-10(14(19)20)4-11(6-12)22-8-13-15-16-17-18(13)2/h4-6,9H,7-8H2,1-3H3,(H,19,20)/t9-/m0/s1. The Balaban J connectivity index is 2.15. The lowest BCUT2D eigenvalue weighted by Crippen LogP contribution is -2.18. The van der Waals surface area contributed by atoms with Gasteiger partial charge in [-0.15, -0.1) is 5.10 Å². The van der Waals surface area contributed by atoms with Gasteiger partial charge < -0.3 is 19.3 Å². The third-order valence-corrected chi connectivity index (χ3v) is 2.94. The summed E-state index contributed by atoms with van der Waals surface area (Å²) in [5.74, 6) is 0.189. The predicted octanol–water partition coefficient (Wildman–Crippen LogP) is 0.901. The van der Waals surface area contributed by atoms with E-state index in [4.69, 9.17) is 14.2 Å². The minimum atomic E-state index is -1.07. The number of aryl methyl sites for hydroxylation is 1. The molecule has 9 heteroatoms. The third kappa shape index (κ3) is 4.65. The Morgan fingerprint density at radius 3 is 2.70 bits per heavy atom.